The van der Waals surface area contributed by atoms with Crippen molar-refractivity contribution in [2.75, 3.05) is 12.3 Å². The van der Waals surface area contributed by atoms with Gasteiger partial charge in [-0.25, -0.2) is 9.78 Å². The van der Waals surface area contributed by atoms with E-state index in [0.29, 0.717) is 32.8 Å². The van der Waals surface area contributed by atoms with Gasteiger partial charge in [0.1, 0.15) is 15.8 Å². The molecule has 0 amide bonds. The number of aromatic nitrogens is 1. The van der Waals surface area contributed by atoms with Gasteiger partial charge in [0.2, 0.25) is 0 Å². The van der Waals surface area contributed by atoms with Gasteiger partial charge < -0.3 is 10.5 Å². The van der Waals surface area contributed by atoms with Crippen LogP contribution in [0.15, 0.2) is 0 Å². The van der Waals surface area contributed by atoms with Crippen molar-refractivity contribution in [1.29, 1.82) is 5.26 Å². The molecular formula is C14H15N3O2S. The summed E-state index contributed by atoms with van der Waals surface area (Å²) >= 11 is 1.17. The SMILES string of the molecule is CCOC(=O)c1sc2nc(C)c(CC)c(C#N)c2c1N. The van der Waals surface area contributed by atoms with E-state index in [1.54, 1.807) is 6.92 Å². The highest BCUT2D eigenvalue weighted by atomic mass is 32.1. The van der Waals surface area contributed by atoms with Crippen molar-refractivity contribution in [3.05, 3.63) is 21.7 Å². The van der Waals surface area contributed by atoms with E-state index < -0.39 is 5.97 Å². The molecule has 0 fully saturated rings. The van der Waals surface area contributed by atoms with Crippen molar-refractivity contribution in [1.82, 2.24) is 4.98 Å². The van der Waals surface area contributed by atoms with E-state index in [2.05, 4.69) is 11.1 Å². The highest BCUT2D eigenvalue weighted by Gasteiger charge is 2.22. The summed E-state index contributed by atoms with van der Waals surface area (Å²) in [6, 6.07) is 2.19. The summed E-state index contributed by atoms with van der Waals surface area (Å²) in [7, 11) is 0. The topological polar surface area (TPSA) is 89.0 Å². The Balaban J connectivity index is 2.79. The van der Waals surface area contributed by atoms with Gasteiger partial charge in [0.15, 0.2) is 0 Å². The van der Waals surface area contributed by atoms with Gasteiger partial charge in [-0.1, -0.05) is 6.92 Å². The molecule has 0 aromatic carbocycles. The van der Waals surface area contributed by atoms with E-state index in [-0.39, 0.29) is 6.61 Å². The summed E-state index contributed by atoms with van der Waals surface area (Å²) in [5.74, 6) is -0.465. The number of thiophene rings is 1. The maximum absolute atomic E-state index is 11.9. The summed E-state index contributed by atoms with van der Waals surface area (Å²) in [4.78, 5) is 17.3. The maximum atomic E-state index is 11.9. The molecule has 0 saturated carbocycles. The Hall–Kier alpha value is -2.13. The Labute approximate surface area is 121 Å². The van der Waals surface area contributed by atoms with Crippen LogP contribution in [0.2, 0.25) is 0 Å². The fourth-order valence-electron chi connectivity index (χ4n) is 2.21. The number of nitriles is 1. The summed E-state index contributed by atoms with van der Waals surface area (Å²) in [5, 5.41) is 9.98. The number of rotatable bonds is 3. The quantitative estimate of drug-likeness (QED) is 0.877. The van der Waals surface area contributed by atoms with E-state index in [1.165, 1.54) is 11.3 Å². The second-order valence-corrected chi connectivity index (χ2v) is 5.26. The van der Waals surface area contributed by atoms with Crippen molar-refractivity contribution in [2.24, 2.45) is 0 Å². The molecule has 20 heavy (non-hydrogen) atoms. The zero-order valence-electron chi connectivity index (χ0n) is 11.6. The van der Waals surface area contributed by atoms with E-state index in [1.807, 2.05) is 13.8 Å². The number of hydrogen-bond acceptors (Lipinski definition) is 6. The average Bonchev–Trinajstić information content (AvgIpc) is 2.74. The number of pyridine rings is 1. The molecule has 5 nitrogen and oxygen atoms in total. The smallest absolute Gasteiger partial charge is 0.350 e. The van der Waals surface area contributed by atoms with Gasteiger partial charge in [-0.3, -0.25) is 0 Å². The second kappa shape index (κ2) is 5.47. The van der Waals surface area contributed by atoms with E-state index in [0.717, 1.165) is 11.3 Å². The van der Waals surface area contributed by atoms with Gasteiger partial charge in [0.25, 0.3) is 0 Å². The number of carbonyl (C=O) groups is 1. The number of nitrogens with two attached hydrogens (primary N) is 1. The number of anilines is 1. The van der Waals surface area contributed by atoms with Crippen LogP contribution in [0, 0.1) is 18.3 Å². The minimum atomic E-state index is -0.465. The van der Waals surface area contributed by atoms with Crippen LogP contribution in [0.3, 0.4) is 0 Å². The molecule has 0 radical (unpaired) electrons. The molecule has 2 heterocycles. The summed E-state index contributed by atoms with van der Waals surface area (Å²) in [5.41, 5.74) is 8.52. The lowest BCUT2D eigenvalue weighted by molar-refractivity contribution is 0.0533. The van der Waals surface area contributed by atoms with Gasteiger partial charge >= 0.3 is 5.97 Å². The normalized spacial score (nSPS) is 10.5. The number of nitrogens with zero attached hydrogens (tertiary/aromatic N) is 2. The Kier molecular flexibility index (Phi) is 3.91. The fourth-order valence-corrected chi connectivity index (χ4v) is 3.25. The molecule has 0 saturated heterocycles. The zero-order chi connectivity index (χ0) is 14.9. The first kappa shape index (κ1) is 14.3. The largest absolute Gasteiger partial charge is 0.462 e. The zero-order valence-corrected chi connectivity index (χ0v) is 12.4. The van der Waals surface area contributed by atoms with E-state index in [9.17, 15) is 10.1 Å². The molecule has 0 aliphatic rings. The predicted octanol–water partition coefficient (Wildman–Crippen LogP) is 2.80. The second-order valence-electron chi connectivity index (χ2n) is 4.26. The van der Waals surface area contributed by atoms with Crippen molar-refractivity contribution < 1.29 is 9.53 Å². The van der Waals surface area contributed by atoms with Crippen molar-refractivity contribution >= 4 is 33.2 Å². The molecule has 2 rings (SSSR count). The van der Waals surface area contributed by atoms with Crippen LogP contribution in [0.4, 0.5) is 5.69 Å². The minimum absolute atomic E-state index is 0.282. The number of aryl methyl sites for hydroxylation is 1. The van der Waals surface area contributed by atoms with Crippen LogP contribution < -0.4 is 5.73 Å². The Morgan fingerprint density at radius 1 is 1.50 bits per heavy atom. The Morgan fingerprint density at radius 2 is 2.20 bits per heavy atom. The number of esters is 1. The molecule has 2 aromatic rings. The molecule has 104 valence electrons. The first-order valence-electron chi connectivity index (χ1n) is 6.33. The first-order chi connectivity index (χ1) is 9.54. The molecule has 0 unspecified atom stereocenters. The van der Waals surface area contributed by atoms with Gasteiger partial charge in [-0.15, -0.1) is 11.3 Å². The molecule has 2 aromatic heterocycles. The highest BCUT2D eigenvalue weighted by Crippen LogP contribution is 2.37. The third-order valence-electron chi connectivity index (χ3n) is 3.11. The lowest BCUT2D eigenvalue weighted by atomic mass is 10.0. The average molecular weight is 289 g/mol. The summed E-state index contributed by atoms with van der Waals surface area (Å²) < 4.78 is 4.98. The Morgan fingerprint density at radius 3 is 2.75 bits per heavy atom. The molecule has 2 N–H and O–H groups in total. The van der Waals surface area contributed by atoms with Crippen LogP contribution >= 0.6 is 11.3 Å². The molecule has 0 atom stereocenters. The number of fused-ring (bicyclic) bond motifs is 1. The van der Waals surface area contributed by atoms with Crippen molar-refractivity contribution in [3.8, 4) is 6.07 Å². The summed E-state index contributed by atoms with van der Waals surface area (Å²) in [6.45, 7) is 5.84. The molecule has 0 aliphatic carbocycles. The van der Waals surface area contributed by atoms with Crippen molar-refractivity contribution in [3.63, 3.8) is 0 Å². The molecule has 6 heteroatoms. The van der Waals surface area contributed by atoms with E-state index >= 15 is 0 Å². The fraction of sp³-hybridized carbons (Fsp3) is 0.357. The standard InChI is InChI=1S/C14H15N3O2S/c1-4-8-7(3)17-13-10(9(8)6-15)11(16)12(20-13)14(18)19-5-2/h4-5,16H2,1-3H3. The molecule has 0 bridgehead atoms. The third kappa shape index (κ3) is 2.10. The van der Waals surface area contributed by atoms with Crippen LogP contribution in [-0.2, 0) is 11.2 Å². The first-order valence-corrected chi connectivity index (χ1v) is 7.15. The molecule has 0 aliphatic heterocycles. The number of ether oxygens (including phenoxy) is 1. The number of nitrogen functional groups attached to an aromatic ring is 1. The predicted molar refractivity (Wildman–Crippen MR) is 78.8 cm³/mol. The Bertz CT molecular complexity index is 728. The molecule has 0 spiro atoms. The van der Waals surface area contributed by atoms with Crippen LogP contribution in [0.1, 0.15) is 40.3 Å². The third-order valence-corrected chi connectivity index (χ3v) is 4.19. The summed E-state index contributed by atoms with van der Waals surface area (Å²) in [6.07, 6.45) is 0.696. The minimum Gasteiger partial charge on any atom is -0.462 e. The van der Waals surface area contributed by atoms with Crippen LogP contribution in [-0.4, -0.2) is 17.6 Å². The van der Waals surface area contributed by atoms with Crippen LogP contribution in [0.5, 0.6) is 0 Å². The lowest BCUT2D eigenvalue weighted by Crippen LogP contribution is -2.05. The van der Waals surface area contributed by atoms with Gasteiger partial charge in [0, 0.05) is 5.69 Å². The van der Waals surface area contributed by atoms with Gasteiger partial charge in [-0.2, -0.15) is 5.26 Å². The van der Waals surface area contributed by atoms with Crippen molar-refractivity contribution in [2.45, 2.75) is 27.2 Å². The van der Waals surface area contributed by atoms with Gasteiger partial charge in [-0.05, 0) is 25.8 Å². The highest BCUT2D eigenvalue weighted by molar-refractivity contribution is 7.21. The number of hydrogen-bond donors (Lipinski definition) is 1. The molecular weight excluding hydrogens is 274 g/mol. The lowest BCUT2D eigenvalue weighted by Gasteiger charge is -2.06. The van der Waals surface area contributed by atoms with Gasteiger partial charge in [0.05, 0.1) is 23.2 Å². The van der Waals surface area contributed by atoms with E-state index in [4.69, 9.17) is 10.5 Å². The van der Waals surface area contributed by atoms with Crippen LogP contribution in [0.25, 0.3) is 10.2 Å². The number of carbonyl (C=O) groups excluding carboxylic acids is 1. The maximum Gasteiger partial charge on any atom is 0.350 e. The monoisotopic (exact) mass is 289 g/mol.